The van der Waals surface area contributed by atoms with Gasteiger partial charge in [-0.3, -0.25) is 14.4 Å². The summed E-state index contributed by atoms with van der Waals surface area (Å²) in [6.45, 7) is 1.75. The normalized spacial score (nSPS) is 11.2. The van der Waals surface area contributed by atoms with Crippen molar-refractivity contribution in [3.8, 4) is 5.75 Å². The number of nitrogens with one attached hydrogen (secondary N) is 1. The number of hydrogen-bond acceptors (Lipinski definition) is 11. The molecule has 0 aliphatic heterocycles. The van der Waals surface area contributed by atoms with E-state index in [1.165, 1.54) is 42.5 Å². The SMILES string of the molecule is CCCCC(=O)Oc1ccc(/N=N/c2ccc(C(=O)NCCC(=O)O)cc2)cc1C(=O)OCCSS(C)(=O)=O. The van der Waals surface area contributed by atoms with Gasteiger partial charge in [-0.05, 0) is 59.7 Å². The minimum atomic E-state index is -3.29. The van der Waals surface area contributed by atoms with Crippen molar-refractivity contribution in [3.63, 3.8) is 0 Å². The summed E-state index contributed by atoms with van der Waals surface area (Å²) in [7, 11) is -2.65. The monoisotopic (exact) mass is 579 g/mol. The summed E-state index contributed by atoms with van der Waals surface area (Å²) in [4.78, 5) is 47.5. The van der Waals surface area contributed by atoms with Gasteiger partial charge >= 0.3 is 17.9 Å². The third kappa shape index (κ3) is 12.1. The van der Waals surface area contributed by atoms with E-state index in [2.05, 4.69) is 15.5 Å². The number of carboxylic acid groups (broad SMARTS) is 1. The molecule has 14 heteroatoms. The Kier molecular flexibility index (Phi) is 12.6. The van der Waals surface area contributed by atoms with E-state index in [-0.39, 0.29) is 48.7 Å². The van der Waals surface area contributed by atoms with E-state index in [1.54, 1.807) is 0 Å². The number of carbonyl (C=O) groups excluding carboxylic acids is 3. The number of hydrogen-bond donors (Lipinski definition) is 2. The van der Waals surface area contributed by atoms with Crippen molar-refractivity contribution in [1.29, 1.82) is 0 Å². The average molecular weight is 580 g/mol. The minimum Gasteiger partial charge on any atom is -0.481 e. The fourth-order valence-electron chi connectivity index (χ4n) is 2.90. The van der Waals surface area contributed by atoms with Gasteiger partial charge in [0.05, 0.1) is 17.8 Å². The molecule has 210 valence electrons. The highest BCUT2D eigenvalue weighted by atomic mass is 33.1. The molecule has 2 N–H and O–H groups in total. The molecule has 0 saturated heterocycles. The number of amides is 1. The molecule has 0 heterocycles. The summed E-state index contributed by atoms with van der Waals surface area (Å²) < 4.78 is 33.0. The highest BCUT2D eigenvalue weighted by Crippen LogP contribution is 2.28. The molecule has 39 heavy (non-hydrogen) atoms. The Morgan fingerprint density at radius 1 is 1.00 bits per heavy atom. The van der Waals surface area contributed by atoms with Crippen LogP contribution in [0.2, 0.25) is 0 Å². The molecular formula is C25H29N3O9S2. The van der Waals surface area contributed by atoms with E-state index in [0.29, 0.717) is 28.5 Å². The molecule has 0 bridgehead atoms. The Bertz CT molecular complexity index is 1310. The Labute approximate surface area is 229 Å². The van der Waals surface area contributed by atoms with Gasteiger partial charge in [-0.25, -0.2) is 13.2 Å². The maximum absolute atomic E-state index is 12.7. The summed E-state index contributed by atoms with van der Waals surface area (Å²) in [5.41, 5.74) is 0.882. The van der Waals surface area contributed by atoms with Crippen LogP contribution in [0.25, 0.3) is 0 Å². The third-order valence-electron chi connectivity index (χ3n) is 4.79. The van der Waals surface area contributed by atoms with Crippen molar-refractivity contribution in [2.75, 3.05) is 25.2 Å². The van der Waals surface area contributed by atoms with Crippen LogP contribution in [0.5, 0.6) is 5.75 Å². The van der Waals surface area contributed by atoms with Gasteiger partial charge in [0.2, 0.25) is 0 Å². The van der Waals surface area contributed by atoms with Crippen LogP contribution in [0.15, 0.2) is 52.7 Å². The lowest BCUT2D eigenvalue weighted by molar-refractivity contribution is -0.137. The maximum Gasteiger partial charge on any atom is 0.342 e. The molecule has 2 aromatic rings. The number of rotatable bonds is 15. The Morgan fingerprint density at radius 3 is 2.31 bits per heavy atom. The van der Waals surface area contributed by atoms with Gasteiger partial charge in [0, 0.05) is 30.5 Å². The fraction of sp³-hybridized carbons (Fsp3) is 0.360. The van der Waals surface area contributed by atoms with E-state index < -0.39 is 32.7 Å². The van der Waals surface area contributed by atoms with Crippen LogP contribution in [-0.2, 0) is 23.2 Å². The van der Waals surface area contributed by atoms with Crippen LogP contribution >= 0.6 is 10.8 Å². The van der Waals surface area contributed by atoms with Crippen LogP contribution in [0.4, 0.5) is 11.4 Å². The van der Waals surface area contributed by atoms with E-state index in [9.17, 15) is 27.6 Å². The lowest BCUT2D eigenvalue weighted by Crippen LogP contribution is -2.25. The van der Waals surface area contributed by atoms with Crippen LogP contribution in [0.3, 0.4) is 0 Å². The molecule has 12 nitrogen and oxygen atoms in total. The lowest BCUT2D eigenvalue weighted by atomic mass is 10.1. The fourth-order valence-corrected chi connectivity index (χ4v) is 4.47. The molecule has 0 aliphatic carbocycles. The number of aliphatic carboxylic acids is 1. The second-order valence-electron chi connectivity index (χ2n) is 8.07. The second kappa shape index (κ2) is 15.6. The maximum atomic E-state index is 12.7. The molecule has 0 spiro atoms. The molecule has 0 saturated carbocycles. The average Bonchev–Trinajstić information content (AvgIpc) is 2.88. The third-order valence-corrected chi connectivity index (χ3v) is 7.34. The van der Waals surface area contributed by atoms with E-state index in [4.69, 9.17) is 14.6 Å². The van der Waals surface area contributed by atoms with Crippen LogP contribution in [-0.4, -0.2) is 62.5 Å². The van der Waals surface area contributed by atoms with Crippen molar-refractivity contribution in [2.24, 2.45) is 10.2 Å². The Morgan fingerprint density at radius 2 is 1.67 bits per heavy atom. The van der Waals surface area contributed by atoms with Gasteiger partial charge < -0.3 is 19.9 Å². The smallest absolute Gasteiger partial charge is 0.342 e. The first-order valence-electron chi connectivity index (χ1n) is 11.9. The molecule has 0 radical (unpaired) electrons. The highest BCUT2D eigenvalue weighted by molar-refractivity contribution is 8.71. The van der Waals surface area contributed by atoms with Gasteiger partial charge in [0.15, 0.2) is 8.87 Å². The lowest BCUT2D eigenvalue weighted by Gasteiger charge is -2.11. The number of carbonyl (C=O) groups is 4. The number of ether oxygens (including phenoxy) is 2. The van der Waals surface area contributed by atoms with Crippen LogP contribution in [0.1, 0.15) is 53.3 Å². The van der Waals surface area contributed by atoms with E-state index in [0.717, 1.165) is 12.7 Å². The summed E-state index contributed by atoms with van der Waals surface area (Å²) in [5, 5.41) is 19.3. The van der Waals surface area contributed by atoms with Gasteiger partial charge in [-0.15, -0.1) is 0 Å². The molecule has 0 aliphatic rings. The molecule has 2 rings (SSSR count). The molecule has 0 atom stereocenters. The molecule has 1 amide bonds. The van der Waals surface area contributed by atoms with Crippen molar-refractivity contribution in [1.82, 2.24) is 5.32 Å². The number of nitrogens with zero attached hydrogens (tertiary/aromatic N) is 2. The molecule has 0 unspecified atom stereocenters. The van der Waals surface area contributed by atoms with Crippen molar-refractivity contribution >= 4 is 54.9 Å². The minimum absolute atomic E-state index is 0.000840. The quantitative estimate of drug-likeness (QED) is 0.102. The number of azo groups is 1. The van der Waals surface area contributed by atoms with Crippen LogP contribution < -0.4 is 10.1 Å². The zero-order chi connectivity index (χ0) is 28.8. The van der Waals surface area contributed by atoms with Crippen molar-refractivity contribution in [3.05, 3.63) is 53.6 Å². The van der Waals surface area contributed by atoms with Crippen molar-refractivity contribution < 1.29 is 42.2 Å². The van der Waals surface area contributed by atoms with Gasteiger partial charge in [-0.1, -0.05) is 13.3 Å². The van der Waals surface area contributed by atoms with Crippen molar-refractivity contribution in [2.45, 2.75) is 32.6 Å². The standard InChI is InChI=1S/C25H29N3O9S2/c1-3-4-5-23(31)37-21-11-10-19(16-20(21)25(33)36-14-15-38-39(2,34)35)28-27-18-8-6-17(7-9-18)24(32)26-13-12-22(29)30/h6-11,16H,3-5,12-15H2,1-2H3,(H,26,32)(H,29,30)/b28-27+. The summed E-state index contributed by atoms with van der Waals surface area (Å²) in [5.74, 6) is -2.77. The predicted octanol–water partition coefficient (Wildman–Crippen LogP) is 4.25. The first kappa shape index (κ1) is 31.4. The number of unbranched alkanes of at least 4 members (excludes halogenated alkanes) is 1. The summed E-state index contributed by atoms with van der Waals surface area (Å²) in [6, 6.07) is 10.3. The zero-order valence-electron chi connectivity index (χ0n) is 21.4. The van der Waals surface area contributed by atoms with E-state index >= 15 is 0 Å². The van der Waals surface area contributed by atoms with Gasteiger partial charge in [0.1, 0.15) is 17.9 Å². The first-order valence-corrected chi connectivity index (χ1v) is 15.3. The molecule has 2 aromatic carbocycles. The number of esters is 2. The Balaban J connectivity index is 2.15. The Hall–Kier alpha value is -3.78. The summed E-state index contributed by atoms with van der Waals surface area (Å²) in [6.07, 6.45) is 2.44. The topological polar surface area (TPSA) is 178 Å². The number of benzene rings is 2. The number of carboxylic acids is 1. The largest absolute Gasteiger partial charge is 0.481 e. The molecule has 0 aromatic heterocycles. The molecule has 0 fully saturated rings. The zero-order valence-corrected chi connectivity index (χ0v) is 23.0. The van der Waals surface area contributed by atoms with Gasteiger partial charge in [0.25, 0.3) is 5.91 Å². The predicted molar refractivity (Wildman–Crippen MR) is 144 cm³/mol. The van der Waals surface area contributed by atoms with E-state index in [1.807, 2.05) is 6.92 Å². The first-order chi connectivity index (χ1) is 18.5. The van der Waals surface area contributed by atoms with Gasteiger partial charge in [-0.2, -0.15) is 10.2 Å². The highest BCUT2D eigenvalue weighted by Gasteiger charge is 2.18. The molecular weight excluding hydrogens is 550 g/mol. The van der Waals surface area contributed by atoms with Crippen LogP contribution in [0, 0.1) is 0 Å². The second-order valence-corrected chi connectivity index (χ2v) is 12.6. The summed E-state index contributed by atoms with van der Waals surface area (Å²) >= 11 is 0.